The van der Waals surface area contributed by atoms with Gasteiger partial charge in [0.05, 0.1) is 0 Å². The second-order valence-electron chi connectivity index (χ2n) is 5.41. The van der Waals surface area contributed by atoms with Crippen LogP contribution in [0, 0.1) is 6.92 Å². The molecule has 0 aliphatic carbocycles. The summed E-state index contributed by atoms with van der Waals surface area (Å²) in [4.78, 5) is 27.2. The number of amides is 1. The van der Waals surface area contributed by atoms with E-state index in [4.69, 9.17) is 0 Å². The number of carbonyl (C=O) groups excluding carboxylic acids is 1. The molecule has 1 amide bonds. The SMILES string of the molecule is Cc1nccn1Cc1cccc(CNC(=O)c2ccc(=O)[nH]n2)c1. The molecule has 0 atom stereocenters. The Kier molecular flexibility index (Phi) is 4.51. The van der Waals surface area contributed by atoms with Gasteiger partial charge in [-0.25, -0.2) is 10.1 Å². The minimum absolute atomic E-state index is 0.180. The molecule has 2 heterocycles. The Balaban J connectivity index is 1.64. The molecule has 0 fully saturated rings. The van der Waals surface area contributed by atoms with E-state index < -0.39 is 0 Å². The van der Waals surface area contributed by atoms with Gasteiger partial charge in [-0.1, -0.05) is 24.3 Å². The molecule has 3 rings (SSSR count). The van der Waals surface area contributed by atoms with E-state index in [1.54, 1.807) is 6.20 Å². The van der Waals surface area contributed by atoms with Crippen molar-refractivity contribution in [2.45, 2.75) is 20.0 Å². The molecule has 2 N–H and O–H groups in total. The molecular weight excluding hydrogens is 306 g/mol. The molecule has 0 saturated carbocycles. The molecule has 0 saturated heterocycles. The van der Waals surface area contributed by atoms with Crippen molar-refractivity contribution in [3.8, 4) is 0 Å². The summed E-state index contributed by atoms with van der Waals surface area (Å²) >= 11 is 0. The van der Waals surface area contributed by atoms with E-state index in [0.29, 0.717) is 6.54 Å². The van der Waals surface area contributed by atoms with Gasteiger partial charge >= 0.3 is 0 Å². The predicted molar refractivity (Wildman–Crippen MR) is 88.5 cm³/mol. The van der Waals surface area contributed by atoms with Crippen molar-refractivity contribution in [1.82, 2.24) is 25.1 Å². The predicted octanol–water partition coefficient (Wildman–Crippen LogP) is 1.25. The number of aryl methyl sites for hydroxylation is 1. The first-order valence-corrected chi connectivity index (χ1v) is 7.51. The number of H-pyrrole nitrogens is 1. The first-order valence-electron chi connectivity index (χ1n) is 7.51. The minimum atomic E-state index is -0.339. The van der Waals surface area contributed by atoms with E-state index in [2.05, 4.69) is 25.1 Å². The summed E-state index contributed by atoms with van der Waals surface area (Å²) in [5.41, 5.74) is 1.96. The van der Waals surface area contributed by atoms with Crippen LogP contribution in [-0.4, -0.2) is 25.7 Å². The lowest BCUT2D eigenvalue weighted by Gasteiger charge is -2.08. The fourth-order valence-electron chi connectivity index (χ4n) is 2.35. The van der Waals surface area contributed by atoms with Crippen LogP contribution in [0.4, 0.5) is 0 Å². The Morgan fingerprint density at radius 1 is 1.25 bits per heavy atom. The molecule has 7 nitrogen and oxygen atoms in total. The van der Waals surface area contributed by atoms with Crippen LogP contribution < -0.4 is 10.9 Å². The van der Waals surface area contributed by atoms with Crippen molar-refractivity contribution in [2.75, 3.05) is 0 Å². The monoisotopic (exact) mass is 323 g/mol. The summed E-state index contributed by atoms with van der Waals surface area (Å²) < 4.78 is 2.06. The van der Waals surface area contributed by atoms with Gasteiger partial charge in [0.2, 0.25) is 0 Å². The van der Waals surface area contributed by atoms with Crippen LogP contribution in [0.3, 0.4) is 0 Å². The van der Waals surface area contributed by atoms with E-state index >= 15 is 0 Å². The van der Waals surface area contributed by atoms with Crippen LogP contribution in [0.15, 0.2) is 53.6 Å². The molecule has 0 spiro atoms. The highest BCUT2D eigenvalue weighted by molar-refractivity contribution is 5.91. The van der Waals surface area contributed by atoms with E-state index in [0.717, 1.165) is 23.5 Å². The van der Waals surface area contributed by atoms with E-state index in [-0.39, 0.29) is 17.2 Å². The van der Waals surface area contributed by atoms with Crippen LogP contribution in [0.25, 0.3) is 0 Å². The van der Waals surface area contributed by atoms with Crippen molar-refractivity contribution < 1.29 is 4.79 Å². The second kappa shape index (κ2) is 6.91. The molecule has 2 aromatic heterocycles. The lowest BCUT2D eigenvalue weighted by Crippen LogP contribution is -2.25. The molecule has 122 valence electrons. The van der Waals surface area contributed by atoms with Crippen molar-refractivity contribution in [3.63, 3.8) is 0 Å². The number of imidazole rings is 1. The smallest absolute Gasteiger partial charge is 0.271 e. The van der Waals surface area contributed by atoms with Crippen LogP contribution in [0.1, 0.15) is 27.4 Å². The van der Waals surface area contributed by atoms with Crippen LogP contribution in [0.5, 0.6) is 0 Å². The number of rotatable bonds is 5. The van der Waals surface area contributed by atoms with E-state index in [1.165, 1.54) is 12.1 Å². The van der Waals surface area contributed by atoms with Crippen LogP contribution >= 0.6 is 0 Å². The van der Waals surface area contributed by atoms with E-state index in [1.807, 2.05) is 37.4 Å². The molecule has 1 aromatic carbocycles. The Morgan fingerprint density at radius 2 is 2.08 bits per heavy atom. The lowest BCUT2D eigenvalue weighted by molar-refractivity contribution is 0.0945. The third-order valence-electron chi connectivity index (χ3n) is 3.63. The fraction of sp³-hybridized carbons (Fsp3) is 0.176. The lowest BCUT2D eigenvalue weighted by atomic mass is 10.1. The maximum Gasteiger partial charge on any atom is 0.271 e. The fourth-order valence-corrected chi connectivity index (χ4v) is 2.35. The zero-order valence-electron chi connectivity index (χ0n) is 13.2. The van der Waals surface area contributed by atoms with Gasteiger partial charge in [-0.3, -0.25) is 9.59 Å². The number of hydrogen-bond acceptors (Lipinski definition) is 4. The number of hydrogen-bond donors (Lipinski definition) is 2. The molecule has 3 aromatic rings. The standard InChI is InChI=1S/C17H17N5O2/c1-12-18-7-8-22(12)11-14-4-2-3-13(9-14)10-19-17(24)15-5-6-16(23)21-20-15/h2-9H,10-11H2,1H3,(H,19,24)(H,21,23). The average molecular weight is 323 g/mol. The van der Waals surface area contributed by atoms with Gasteiger partial charge in [-0.2, -0.15) is 5.10 Å². The summed E-state index contributed by atoms with van der Waals surface area (Å²) in [7, 11) is 0. The first-order chi connectivity index (χ1) is 11.6. The summed E-state index contributed by atoms with van der Waals surface area (Å²) in [5, 5.41) is 8.74. The van der Waals surface area contributed by atoms with Gasteiger partial charge in [-0.05, 0) is 24.1 Å². The summed E-state index contributed by atoms with van der Waals surface area (Å²) in [6.45, 7) is 3.08. The molecule has 0 radical (unpaired) electrons. The van der Waals surface area contributed by atoms with Crippen LogP contribution in [-0.2, 0) is 13.1 Å². The number of benzene rings is 1. The Labute approximate surface area is 138 Å². The highest BCUT2D eigenvalue weighted by Gasteiger charge is 2.07. The van der Waals surface area contributed by atoms with Crippen molar-refractivity contribution >= 4 is 5.91 Å². The molecule has 0 aliphatic rings. The Hall–Kier alpha value is -3.22. The van der Waals surface area contributed by atoms with Gasteiger partial charge in [0.15, 0.2) is 0 Å². The molecular formula is C17H17N5O2. The normalized spacial score (nSPS) is 10.5. The van der Waals surface area contributed by atoms with Gasteiger partial charge in [0.25, 0.3) is 11.5 Å². The maximum atomic E-state index is 12.0. The quantitative estimate of drug-likeness (QED) is 0.739. The van der Waals surface area contributed by atoms with Crippen molar-refractivity contribution in [3.05, 3.63) is 81.8 Å². The van der Waals surface area contributed by atoms with Crippen LogP contribution in [0.2, 0.25) is 0 Å². The molecule has 0 bridgehead atoms. The molecule has 0 aliphatic heterocycles. The summed E-state index contributed by atoms with van der Waals surface area (Å²) in [5.74, 6) is 0.625. The highest BCUT2D eigenvalue weighted by atomic mass is 16.2. The maximum absolute atomic E-state index is 12.0. The zero-order valence-corrected chi connectivity index (χ0v) is 13.2. The van der Waals surface area contributed by atoms with Gasteiger partial charge in [0, 0.05) is 31.5 Å². The molecule has 7 heteroatoms. The third kappa shape index (κ3) is 3.75. The Bertz CT molecular complexity index is 893. The summed E-state index contributed by atoms with van der Waals surface area (Å²) in [6, 6.07) is 10.7. The second-order valence-corrected chi connectivity index (χ2v) is 5.41. The van der Waals surface area contributed by atoms with Gasteiger partial charge in [0.1, 0.15) is 11.5 Å². The average Bonchev–Trinajstić information content (AvgIpc) is 2.98. The minimum Gasteiger partial charge on any atom is -0.347 e. The van der Waals surface area contributed by atoms with Crippen molar-refractivity contribution in [1.29, 1.82) is 0 Å². The van der Waals surface area contributed by atoms with Gasteiger partial charge < -0.3 is 9.88 Å². The van der Waals surface area contributed by atoms with Gasteiger partial charge in [-0.15, -0.1) is 0 Å². The first kappa shape index (κ1) is 15.7. The van der Waals surface area contributed by atoms with Crippen molar-refractivity contribution in [2.24, 2.45) is 0 Å². The number of carbonyl (C=O) groups is 1. The number of aromatic amines is 1. The Morgan fingerprint density at radius 3 is 2.79 bits per heavy atom. The number of nitrogens with zero attached hydrogens (tertiary/aromatic N) is 3. The highest BCUT2D eigenvalue weighted by Crippen LogP contribution is 2.09. The number of nitrogens with one attached hydrogen (secondary N) is 2. The summed E-state index contributed by atoms with van der Waals surface area (Å²) in [6.07, 6.45) is 3.71. The zero-order chi connectivity index (χ0) is 16.9. The third-order valence-corrected chi connectivity index (χ3v) is 3.63. The largest absolute Gasteiger partial charge is 0.347 e. The topological polar surface area (TPSA) is 92.7 Å². The van der Waals surface area contributed by atoms with E-state index in [9.17, 15) is 9.59 Å². The molecule has 24 heavy (non-hydrogen) atoms. The number of aromatic nitrogens is 4. The molecule has 0 unspecified atom stereocenters.